The molecule has 0 aliphatic carbocycles. The fraction of sp³-hybridized carbons (Fsp3) is 0.364. The van der Waals surface area contributed by atoms with E-state index in [0.29, 0.717) is 17.3 Å². The summed E-state index contributed by atoms with van der Waals surface area (Å²) in [7, 11) is 0. The Morgan fingerprint density at radius 2 is 2.20 bits per heavy atom. The number of hydrogen-bond acceptors (Lipinski definition) is 3. The van der Waals surface area contributed by atoms with Crippen molar-refractivity contribution in [3.05, 3.63) is 23.8 Å². The quantitative estimate of drug-likeness (QED) is 0.655. The highest BCUT2D eigenvalue weighted by Gasteiger charge is 2.09. The number of rotatable bonds is 4. The van der Waals surface area contributed by atoms with Crippen molar-refractivity contribution in [1.29, 1.82) is 0 Å². The van der Waals surface area contributed by atoms with Crippen LogP contribution in [0, 0.1) is 0 Å². The molecule has 1 rings (SSSR count). The van der Waals surface area contributed by atoms with Crippen LogP contribution in [-0.4, -0.2) is 11.9 Å². The van der Waals surface area contributed by atoms with Crippen molar-refractivity contribution in [1.82, 2.24) is 0 Å². The molecule has 1 unspecified atom stereocenters. The molecule has 0 saturated heterocycles. The van der Waals surface area contributed by atoms with Gasteiger partial charge in [0.1, 0.15) is 0 Å². The van der Waals surface area contributed by atoms with E-state index in [9.17, 15) is 4.79 Å². The molecule has 5 N–H and O–H groups in total. The predicted octanol–water partition coefficient (Wildman–Crippen LogP) is 1.58. The largest absolute Gasteiger partial charge is 0.399 e. The first-order chi connectivity index (χ1) is 7.04. The van der Waals surface area contributed by atoms with Crippen molar-refractivity contribution < 1.29 is 4.79 Å². The summed E-state index contributed by atoms with van der Waals surface area (Å²) in [5.74, 6) is -0.465. The normalized spacial score (nSPS) is 12.1. The third kappa shape index (κ3) is 2.87. The molecule has 0 aliphatic rings. The van der Waals surface area contributed by atoms with Gasteiger partial charge in [-0.2, -0.15) is 0 Å². The highest BCUT2D eigenvalue weighted by Crippen LogP contribution is 2.19. The van der Waals surface area contributed by atoms with Crippen LogP contribution < -0.4 is 16.8 Å². The Balaban J connectivity index is 3.01. The maximum absolute atomic E-state index is 11.2. The third-order valence-corrected chi connectivity index (χ3v) is 2.32. The van der Waals surface area contributed by atoms with Crippen LogP contribution in [0.4, 0.5) is 11.4 Å². The summed E-state index contributed by atoms with van der Waals surface area (Å²) >= 11 is 0. The van der Waals surface area contributed by atoms with E-state index in [1.165, 1.54) is 0 Å². The molecule has 0 fully saturated rings. The summed E-state index contributed by atoms with van der Waals surface area (Å²) in [6, 6.07) is 5.41. The second-order valence-electron chi connectivity index (χ2n) is 3.62. The molecule has 1 aromatic rings. The summed E-state index contributed by atoms with van der Waals surface area (Å²) < 4.78 is 0. The molecule has 1 amide bonds. The average Bonchev–Trinajstić information content (AvgIpc) is 2.20. The van der Waals surface area contributed by atoms with Gasteiger partial charge in [0.25, 0.3) is 5.91 Å². The van der Waals surface area contributed by atoms with Crippen LogP contribution >= 0.6 is 0 Å². The molecule has 0 aliphatic heterocycles. The van der Waals surface area contributed by atoms with E-state index < -0.39 is 5.91 Å². The number of anilines is 2. The van der Waals surface area contributed by atoms with E-state index >= 15 is 0 Å². The zero-order chi connectivity index (χ0) is 11.4. The van der Waals surface area contributed by atoms with Crippen molar-refractivity contribution in [3.8, 4) is 0 Å². The fourth-order valence-corrected chi connectivity index (χ4v) is 1.26. The number of amides is 1. The van der Waals surface area contributed by atoms with Crippen molar-refractivity contribution in [2.24, 2.45) is 5.73 Å². The van der Waals surface area contributed by atoms with E-state index in [4.69, 9.17) is 11.5 Å². The van der Waals surface area contributed by atoms with Crippen LogP contribution in [-0.2, 0) is 0 Å². The molecule has 1 aromatic carbocycles. The number of benzene rings is 1. The van der Waals surface area contributed by atoms with Gasteiger partial charge < -0.3 is 16.8 Å². The SMILES string of the molecule is CCC(C)Nc1ccc(N)cc1C(N)=O. The van der Waals surface area contributed by atoms with Crippen LogP contribution in [0.5, 0.6) is 0 Å². The van der Waals surface area contributed by atoms with Crippen molar-refractivity contribution in [3.63, 3.8) is 0 Å². The molecule has 15 heavy (non-hydrogen) atoms. The molecule has 0 heterocycles. The van der Waals surface area contributed by atoms with Gasteiger partial charge in [0.15, 0.2) is 0 Å². The lowest BCUT2D eigenvalue weighted by Gasteiger charge is -2.15. The maximum Gasteiger partial charge on any atom is 0.250 e. The predicted molar refractivity (Wildman–Crippen MR) is 62.7 cm³/mol. The zero-order valence-electron chi connectivity index (χ0n) is 9.08. The van der Waals surface area contributed by atoms with E-state index in [0.717, 1.165) is 12.1 Å². The number of carbonyl (C=O) groups is 1. The number of primary amides is 1. The minimum atomic E-state index is -0.465. The summed E-state index contributed by atoms with van der Waals surface area (Å²) in [4.78, 5) is 11.2. The molecule has 4 heteroatoms. The Kier molecular flexibility index (Phi) is 3.55. The van der Waals surface area contributed by atoms with Crippen molar-refractivity contribution in [2.75, 3.05) is 11.1 Å². The first kappa shape index (κ1) is 11.4. The minimum Gasteiger partial charge on any atom is -0.399 e. The third-order valence-electron chi connectivity index (χ3n) is 2.32. The van der Waals surface area contributed by atoms with Crippen LogP contribution in [0.3, 0.4) is 0 Å². The Bertz CT molecular complexity index is 363. The first-order valence-electron chi connectivity index (χ1n) is 5.00. The Morgan fingerprint density at radius 3 is 2.73 bits per heavy atom. The number of hydrogen-bond donors (Lipinski definition) is 3. The van der Waals surface area contributed by atoms with Crippen molar-refractivity contribution >= 4 is 17.3 Å². The number of nitrogens with two attached hydrogens (primary N) is 2. The minimum absolute atomic E-state index is 0.298. The molecule has 1 atom stereocenters. The molecule has 0 bridgehead atoms. The summed E-state index contributed by atoms with van der Waals surface area (Å²) in [5.41, 5.74) is 12.6. The summed E-state index contributed by atoms with van der Waals surface area (Å²) in [5, 5.41) is 3.21. The van der Waals surface area contributed by atoms with Crippen LogP contribution in [0.15, 0.2) is 18.2 Å². The molecule has 82 valence electrons. The number of carbonyl (C=O) groups excluding carboxylic acids is 1. The van der Waals surface area contributed by atoms with E-state index in [1.807, 2.05) is 6.92 Å². The van der Waals surface area contributed by atoms with Crippen LogP contribution in [0.2, 0.25) is 0 Å². The van der Waals surface area contributed by atoms with Crippen LogP contribution in [0.1, 0.15) is 30.6 Å². The molecular weight excluding hydrogens is 190 g/mol. The summed E-state index contributed by atoms with van der Waals surface area (Å²) in [6.07, 6.45) is 0.975. The molecule has 0 saturated carbocycles. The Labute approximate surface area is 89.6 Å². The molecule has 0 radical (unpaired) electrons. The van der Waals surface area contributed by atoms with Gasteiger partial charge in [-0.1, -0.05) is 6.92 Å². The fourth-order valence-electron chi connectivity index (χ4n) is 1.26. The monoisotopic (exact) mass is 207 g/mol. The average molecular weight is 207 g/mol. The zero-order valence-corrected chi connectivity index (χ0v) is 9.08. The lowest BCUT2D eigenvalue weighted by Crippen LogP contribution is -2.19. The standard InChI is InChI=1S/C11H17N3O/c1-3-7(2)14-10-5-4-8(12)6-9(10)11(13)15/h4-7,14H,3,12H2,1-2H3,(H2,13,15). The van der Waals surface area contributed by atoms with Gasteiger partial charge in [-0.05, 0) is 31.5 Å². The number of nitrogens with one attached hydrogen (secondary N) is 1. The van der Waals surface area contributed by atoms with Gasteiger partial charge in [-0.25, -0.2) is 0 Å². The number of nitrogen functional groups attached to an aromatic ring is 1. The topological polar surface area (TPSA) is 81.1 Å². The molecular formula is C11H17N3O. The van der Waals surface area contributed by atoms with Crippen LogP contribution in [0.25, 0.3) is 0 Å². The molecule has 0 aromatic heterocycles. The maximum atomic E-state index is 11.2. The van der Waals surface area contributed by atoms with Gasteiger partial charge in [0.2, 0.25) is 0 Å². The lowest BCUT2D eigenvalue weighted by atomic mass is 10.1. The van der Waals surface area contributed by atoms with Gasteiger partial charge in [0.05, 0.1) is 5.56 Å². The Morgan fingerprint density at radius 1 is 1.53 bits per heavy atom. The van der Waals surface area contributed by atoms with E-state index in [1.54, 1.807) is 18.2 Å². The Hall–Kier alpha value is -1.71. The molecule has 0 spiro atoms. The van der Waals surface area contributed by atoms with Crippen molar-refractivity contribution in [2.45, 2.75) is 26.3 Å². The van der Waals surface area contributed by atoms with Gasteiger partial charge in [-0.15, -0.1) is 0 Å². The van der Waals surface area contributed by atoms with E-state index in [-0.39, 0.29) is 0 Å². The molecule has 4 nitrogen and oxygen atoms in total. The van der Waals surface area contributed by atoms with Gasteiger partial charge in [-0.3, -0.25) is 4.79 Å². The summed E-state index contributed by atoms with van der Waals surface area (Å²) in [6.45, 7) is 4.11. The first-order valence-corrected chi connectivity index (χ1v) is 5.00. The lowest BCUT2D eigenvalue weighted by molar-refractivity contribution is 0.100. The van der Waals surface area contributed by atoms with E-state index in [2.05, 4.69) is 12.2 Å². The highest BCUT2D eigenvalue weighted by molar-refractivity contribution is 5.99. The highest BCUT2D eigenvalue weighted by atomic mass is 16.1. The van der Waals surface area contributed by atoms with Gasteiger partial charge >= 0.3 is 0 Å². The smallest absolute Gasteiger partial charge is 0.250 e. The second kappa shape index (κ2) is 4.68. The van der Waals surface area contributed by atoms with Gasteiger partial charge in [0, 0.05) is 17.4 Å². The second-order valence-corrected chi connectivity index (χ2v) is 3.62.